The molecule has 0 atom stereocenters. The molecule has 13 heavy (non-hydrogen) atoms. The van der Waals surface area contributed by atoms with E-state index in [1.165, 1.54) is 13.0 Å². The molecule has 0 aliphatic carbocycles. The van der Waals surface area contributed by atoms with Crippen LogP contribution in [-0.2, 0) is 0 Å². The summed E-state index contributed by atoms with van der Waals surface area (Å²) < 4.78 is 2.83. The Morgan fingerprint density at radius 1 is 0.923 bits per heavy atom. The van der Waals surface area contributed by atoms with Gasteiger partial charge in [0.15, 0.2) is 0 Å². The van der Waals surface area contributed by atoms with Crippen LogP contribution in [0.5, 0.6) is 0 Å². The first-order valence-electron chi connectivity index (χ1n) is 4.97. The molecule has 0 aromatic rings. The van der Waals surface area contributed by atoms with Crippen molar-refractivity contribution in [3.05, 3.63) is 0 Å². The maximum atomic E-state index is 2.83. The average molecular weight is 211 g/mol. The molecule has 0 bridgehead atoms. The van der Waals surface area contributed by atoms with Gasteiger partial charge in [-0.1, -0.05) is 46.2 Å². The van der Waals surface area contributed by atoms with Crippen LogP contribution >= 0.6 is 0 Å². The second kappa shape index (κ2) is 5.77. The van der Waals surface area contributed by atoms with Crippen LogP contribution < -0.4 is 18.9 Å². The quantitative estimate of drug-likeness (QED) is 0.612. The number of hydrogen-bond acceptors (Lipinski definition) is 1. The van der Waals surface area contributed by atoms with Crippen LogP contribution in [0.1, 0.15) is 14.8 Å². The van der Waals surface area contributed by atoms with Crippen LogP contribution in [0.4, 0.5) is 0 Å². The zero-order chi connectivity index (χ0) is 9.99. The van der Waals surface area contributed by atoms with E-state index in [2.05, 4.69) is 50.4 Å². The topological polar surface area (TPSA) is 3.24 Å². The first-order chi connectivity index (χ1) is 5.19. The molecule has 0 saturated carbocycles. The predicted molar refractivity (Wildman–Crippen MR) is 64.8 cm³/mol. The van der Waals surface area contributed by atoms with Crippen LogP contribution in [0, 0.1) is 0 Å². The Labute approximate surface area is 100 Å². The Morgan fingerprint density at radius 2 is 1.23 bits per heavy atom. The summed E-state index contributed by atoms with van der Waals surface area (Å²) in [6.45, 7) is 18.4. The Hall–Kier alpha value is 0.991. The summed E-state index contributed by atoms with van der Waals surface area (Å²) in [5, 5.41) is 0. The minimum Gasteiger partial charge on any atom is -1.00 e. The van der Waals surface area contributed by atoms with Gasteiger partial charge >= 0.3 is 18.9 Å². The van der Waals surface area contributed by atoms with Gasteiger partial charge in [-0.25, -0.2) is 0 Å². The summed E-state index contributed by atoms with van der Waals surface area (Å²) in [5.41, 5.74) is 0. The van der Waals surface area contributed by atoms with E-state index >= 15 is 0 Å². The molecule has 4 heteroatoms. The van der Waals surface area contributed by atoms with Gasteiger partial charge in [-0.2, -0.15) is 0 Å². The molecule has 0 aliphatic rings. The minimum atomic E-state index is -1.05. The Kier molecular flexibility index (Phi) is 7.29. The smallest absolute Gasteiger partial charge is 1.00 e. The molecule has 0 fully saturated rings. The van der Waals surface area contributed by atoms with Crippen LogP contribution in [0.25, 0.3) is 0 Å². The first-order valence-corrected chi connectivity index (χ1v) is 11.9. The van der Waals surface area contributed by atoms with Crippen LogP contribution in [0.2, 0.25) is 39.3 Å². The normalized spacial score (nSPS) is 12.9. The van der Waals surface area contributed by atoms with Gasteiger partial charge < -0.3 is 5.66 Å². The van der Waals surface area contributed by atoms with Crippen LogP contribution in [0.15, 0.2) is 0 Å². The van der Waals surface area contributed by atoms with E-state index in [9.17, 15) is 0 Å². The van der Waals surface area contributed by atoms with E-state index in [-0.39, 0.29) is 20.3 Å². The third kappa shape index (κ3) is 6.14. The van der Waals surface area contributed by atoms with E-state index in [1.807, 2.05) is 0 Å². The fourth-order valence-electron chi connectivity index (χ4n) is 1.90. The van der Waals surface area contributed by atoms with Gasteiger partial charge in [-0.3, -0.25) is 0 Å². The predicted octanol–water partition coefficient (Wildman–Crippen LogP) is 0.485. The first kappa shape index (κ1) is 16.4. The van der Waals surface area contributed by atoms with Crippen molar-refractivity contribution < 1.29 is 20.3 Å². The molecule has 76 valence electrons. The molecular formula is C9H26LiNSi2. The van der Waals surface area contributed by atoms with E-state index in [0.29, 0.717) is 0 Å². The Bertz CT molecular complexity index is 129. The maximum Gasteiger partial charge on any atom is 1.00 e. The number of rotatable bonds is 4. The fraction of sp³-hybridized carbons (Fsp3) is 1.00. The minimum absolute atomic E-state index is 0. The molecule has 0 saturated heterocycles. The Balaban J connectivity index is -0.000000605. The van der Waals surface area contributed by atoms with Gasteiger partial charge in [0, 0.05) is 0 Å². The molecule has 0 aliphatic heterocycles. The van der Waals surface area contributed by atoms with E-state index < -0.39 is 16.5 Å². The second-order valence-electron chi connectivity index (χ2n) is 5.49. The second-order valence-corrected chi connectivity index (χ2v) is 15.7. The molecule has 0 aromatic heterocycles. The van der Waals surface area contributed by atoms with Gasteiger partial charge in [-0.05, 0) is 13.0 Å². The maximum absolute atomic E-state index is 2.83. The van der Waals surface area contributed by atoms with Crippen molar-refractivity contribution in [3.8, 4) is 0 Å². The molecule has 0 heterocycles. The summed E-state index contributed by atoms with van der Waals surface area (Å²) in [7, 11) is -2.10. The van der Waals surface area contributed by atoms with Crippen molar-refractivity contribution in [2.45, 2.75) is 52.6 Å². The van der Waals surface area contributed by atoms with Gasteiger partial charge in [0.2, 0.25) is 0 Å². The third-order valence-electron chi connectivity index (χ3n) is 2.07. The molecular weight excluding hydrogens is 185 g/mol. The summed E-state index contributed by atoms with van der Waals surface area (Å²) in [6, 6.07) is 0. The van der Waals surface area contributed by atoms with Gasteiger partial charge in [0.05, 0.1) is 0 Å². The van der Waals surface area contributed by atoms with Crippen molar-refractivity contribution in [2.24, 2.45) is 0 Å². The third-order valence-corrected chi connectivity index (χ3v) is 9.78. The summed E-state index contributed by atoms with van der Waals surface area (Å²) in [4.78, 5) is 0. The molecule has 0 unspecified atom stereocenters. The van der Waals surface area contributed by atoms with Crippen LogP contribution in [-0.4, -0.2) is 27.2 Å². The number of hydrogen-bond donors (Lipinski definition) is 0. The standard InChI is InChI=1S/C9H25NSi2.Li.H/c1-8-9-10(11(2,3)4)12(5,6)7;;/h8-9H2,1-7H3;;/q;+1;-1. The Morgan fingerprint density at radius 3 is 1.31 bits per heavy atom. The number of nitrogens with zero attached hydrogens (tertiary/aromatic N) is 1. The molecule has 0 spiro atoms. The largest absolute Gasteiger partial charge is 1.00 e. The van der Waals surface area contributed by atoms with E-state index in [0.717, 1.165) is 0 Å². The van der Waals surface area contributed by atoms with Gasteiger partial charge in [0.1, 0.15) is 16.5 Å². The molecule has 0 aromatic carbocycles. The fourth-order valence-corrected chi connectivity index (χ4v) is 11.7. The average Bonchev–Trinajstić information content (AvgIpc) is 1.77. The van der Waals surface area contributed by atoms with Crippen LogP contribution in [0.3, 0.4) is 0 Å². The SMILES string of the molecule is CCCN([Si](C)(C)C)[Si](C)(C)C.[H-].[Li+]. The van der Waals surface area contributed by atoms with Crippen molar-refractivity contribution >= 4 is 16.5 Å². The monoisotopic (exact) mass is 211 g/mol. The zero-order valence-electron chi connectivity index (χ0n) is 11.9. The van der Waals surface area contributed by atoms with E-state index in [4.69, 9.17) is 0 Å². The van der Waals surface area contributed by atoms with Crippen molar-refractivity contribution in [1.29, 1.82) is 0 Å². The van der Waals surface area contributed by atoms with Gasteiger partial charge in [0.25, 0.3) is 0 Å². The molecule has 0 rings (SSSR count). The van der Waals surface area contributed by atoms with Gasteiger partial charge in [-0.15, -0.1) is 0 Å². The zero-order valence-corrected chi connectivity index (χ0v) is 12.9. The molecule has 0 N–H and O–H groups in total. The summed E-state index contributed by atoms with van der Waals surface area (Å²) in [5.74, 6) is 0. The molecule has 0 amide bonds. The van der Waals surface area contributed by atoms with E-state index in [1.54, 1.807) is 0 Å². The molecule has 1 nitrogen and oxygen atoms in total. The van der Waals surface area contributed by atoms with Crippen molar-refractivity contribution in [1.82, 2.24) is 4.23 Å². The summed E-state index contributed by atoms with van der Waals surface area (Å²) >= 11 is 0. The van der Waals surface area contributed by atoms with Crippen molar-refractivity contribution in [2.75, 3.05) is 6.54 Å². The molecule has 0 radical (unpaired) electrons. The van der Waals surface area contributed by atoms with Crippen molar-refractivity contribution in [3.63, 3.8) is 0 Å². The summed E-state index contributed by atoms with van der Waals surface area (Å²) in [6.07, 6.45) is 1.30.